The van der Waals surface area contributed by atoms with E-state index in [2.05, 4.69) is 40.2 Å². The van der Waals surface area contributed by atoms with Crippen molar-refractivity contribution in [1.82, 2.24) is 39.2 Å². The van der Waals surface area contributed by atoms with Crippen LogP contribution < -0.4 is 9.47 Å². The molecule has 2 saturated heterocycles. The van der Waals surface area contributed by atoms with Gasteiger partial charge in [0, 0.05) is 23.0 Å². The molecule has 6 heterocycles. The average molecular weight is 708 g/mol. The van der Waals surface area contributed by atoms with E-state index >= 15 is 0 Å². The Hall–Kier alpha value is -4.26. The van der Waals surface area contributed by atoms with Crippen molar-refractivity contribution in [1.29, 1.82) is 0 Å². The van der Waals surface area contributed by atoms with Gasteiger partial charge in [0.2, 0.25) is 27.1 Å². The molecule has 0 saturated carbocycles. The normalized spacial score (nSPS) is 26.8. The standard InChI is InChI=1S/C15H21FN4O4S.C14H18FN7O2/c1-5-10-8(3)11(16)12(24-10)9-7-17-13-14(23-6-2)18-15(19-20(9)13)25(4,21)22;1-4-9-7(3)10(15)11(24-9)8-6-17-12-13(23-5-2)18-14(19-21-16)20-22(8)12/h7-8,10-12H,5-6H2,1-4H3;6-7,9-11H,4-5H2,1-3H3/t8-,10-,11-,12+;7-,9-,10-,11+/m11/s1. The van der Waals surface area contributed by atoms with Crippen molar-refractivity contribution in [2.45, 2.75) is 96.3 Å². The van der Waals surface area contributed by atoms with Gasteiger partial charge in [0.1, 0.15) is 24.6 Å². The van der Waals surface area contributed by atoms with Crippen LogP contribution in [0.4, 0.5) is 14.7 Å². The number of alkyl halides is 2. The highest BCUT2D eigenvalue weighted by Crippen LogP contribution is 2.42. The lowest BCUT2D eigenvalue weighted by atomic mass is 9.97. The summed E-state index contributed by atoms with van der Waals surface area (Å²) in [5, 5.41) is 11.2. The Balaban J connectivity index is 0.000000191. The first-order chi connectivity index (χ1) is 23.4. The fourth-order valence-corrected chi connectivity index (χ4v) is 6.43. The lowest BCUT2D eigenvalue weighted by Gasteiger charge is -2.13. The van der Waals surface area contributed by atoms with Crippen molar-refractivity contribution in [3.63, 3.8) is 0 Å². The summed E-state index contributed by atoms with van der Waals surface area (Å²) < 4.78 is 78.3. The minimum absolute atomic E-state index is 0.0395. The molecule has 49 heavy (non-hydrogen) atoms. The van der Waals surface area contributed by atoms with Crippen LogP contribution in [0.25, 0.3) is 21.7 Å². The molecular weight excluding hydrogens is 668 g/mol. The number of hydrogen-bond donors (Lipinski definition) is 0. The van der Waals surface area contributed by atoms with Crippen LogP contribution in [-0.4, -0.2) is 91.6 Å². The molecule has 20 heteroatoms. The molecule has 4 aromatic rings. The lowest BCUT2D eigenvalue weighted by molar-refractivity contribution is 0.0195. The summed E-state index contributed by atoms with van der Waals surface area (Å²) in [6, 6.07) is 0. The van der Waals surface area contributed by atoms with Crippen LogP contribution in [0.3, 0.4) is 0 Å². The summed E-state index contributed by atoms with van der Waals surface area (Å²) in [6.45, 7) is 11.7. The summed E-state index contributed by atoms with van der Waals surface area (Å²) in [5.74, 6) is -0.410. The van der Waals surface area contributed by atoms with Gasteiger partial charge in [-0.15, -0.1) is 10.2 Å². The number of rotatable bonds is 10. The van der Waals surface area contributed by atoms with Crippen LogP contribution in [0.15, 0.2) is 22.7 Å². The Bertz CT molecular complexity index is 1950. The van der Waals surface area contributed by atoms with Crippen LogP contribution in [0.2, 0.25) is 0 Å². The van der Waals surface area contributed by atoms with Crippen molar-refractivity contribution in [3.8, 4) is 11.8 Å². The van der Waals surface area contributed by atoms with Crippen molar-refractivity contribution in [2.24, 2.45) is 17.0 Å². The fraction of sp³-hybridized carbons (Fsp3) is 0.655. The molecule has 0 aromatic carbocycles. The number of ether oxygens (including phenoxy) is 4. The lowest BCUT2D eigenvalue weighted by Crippen LogP contribution is -2.18. The Morgan fingerprint density at radius 3 is 1.73 bits per heavy atom. The second-order valence-corrected chi connectivity index (χ2v) is 13.6. The van der Waals surface area contributed by atoms with E-state index in [1.54, 1.807) is 20.8 Å². The molecular formula is C29H39F2N11O6S. The molecule has 4 aromatic heterocycles. The highest BCUT2D eigenvalue weighted by Gasteiger charge is 2.45. The first-order valence-corrected chi connectivity index (χ1v) is 17.9. The number of nitrogens with zero attached hydrogens (tertiary/aromatic N) is 11. The number of imidazole rings is 2. The third-order valence-corrected chi connectivity index (χ3v) is 9.34. The highest BCUT2D eigenvalue weighted by molar-refractivity contribution is 7.90. The maximum absolute atomic E-state index is 14.7. The number of halogens is 2. The van der Waals surface area contributed by atoms with E-state index in [1.807, 2.05) is 20.8 Å². The second-order valence-electron chi connectivity index (χ2n) is 11.7. The zero-order valence-electron chi connectivity index (χ0n) is 28.1. The maximum Gasteiger partial charge on any atom is 0.268 e. The van der Waals surface area contributed by atoms with Gasteiger partial charge in [-0.1, -0.05) is 27.7 Å². The highest BCUT2D eigenvalue weighted by atomic mass is 32.2. The minimum atomic E-state index is -3.68. The summed E-state index contributed by atoms with van der Waals surface area (Å²) >= 11 is 0. The molecule has 0 amide bonds. The topological polar surface area (TPSA) is 206 Å². The van der Waals surface area contributed by atoms with E-state index in [9.17, 15) is 17.2 Å². The van der Waals surface area contributed by atoms with E-state index in [0.29, 0.717) is 30.1 Å². The molecule has 0 aliphatic carbocycles. The number of azide groups is 1. The van der Waals surface area contributed by atoms with Crippen LogP contribution in [0, 0.1) is 11.8 Å². The van der Waals surface area contributed by atoms with E-state index in [-0.39, 0.29) is 54.0 Å². The maximum atomic E-state index is 14.7. The van der Waals surface area contributed by atoms with Gasteiger partial charge in [0.05, 0.1) is 49.2 Å². The van der Waals surface area contributed by atoms with Crippen LogP contribution in [0.5, 0.6) is 11.8 Å². The van der Waals surface area contributed by atoms with Crippen molar-refractivity contribution in [2.75, 3.05) is 19.5 Å². The van der Waals surface area contributed by atoms with Gasteiger partial charge in [-0.05, 0) is 37.3 Å². The third kappa shape index (κ3) is 6.95. The van der Waals surface area contributed by atoms with Gasteiger partial charge in [-0.3, -0.25) is 0 Å². The van der Waals surface area contributed by atoms with E-state index < -0.39 is 39.5 Å². The van der Waals surface area contributed by atoms with Crippen LogP contribution in [-0.2, 0) is 19.3 Å². The predicted octanol–water partition coefficient (Wildman–Crippen LogP) is 5.04. The Labute approximate surface area is 280 Å². The molecule has 0 radical (unpaired) electrons. The summed E-state index contributed by atoms with van der Waals surface area (Å²) in [7, 11) is -3.68. The van der Waals surface area contributed by atoms with Gasteiger partial charge in [-0.2, -0.15) is 9.97 Å². The average Bonchev–Trinajstić information content (AvgIpc) is 3.82. The number of aromatic nitrogens is 8. The molecule has 2 aliphatic rings. The first-order valence-electron chi connectivity index (χ1n) is 16.0. The molecule has 2 fully saturated rings. The second kappa shape index (κ2) is 14.7. The largest absolute Gasteiger partial charge is 0.475 e. The molecule has 17 nitrogen and oxygen atoms in total. The molecule has 6 rings (SSSR count). The molecule has 0 unspecified atom stereocenters. The quantitative estimate of drug-likeness (QED) is 0.121. The SMILES string of the molecule is CCOc1nc(N=[N+]=[N-])nn2c([C@@H]3O[C@H](CC)[C@@H](C)[C@H]3F)cnc12.CCOc1nc(S(C)(=O)=O)nn2c([C@@H]3O[C@H](CC)[C@@H](C)[C@H]3F)cnc12. The molecule has 0 bridgehead atoms. The molecule has 8 atom stereocenters. The van der Waals surface area contributed by atoms with Crippen LogP contribution >= 0.6 is 0 Å². The van der Waals surface area contributed by atoms with Crippen molar-refractivity contribution in [3.05, 3.63) is 34.2 Å². The smallest absolute Gasteiger partial charge is 0.268 e. The third-order valence-electron chi connectivity index (χ3n) is 8.50. The number of hydrogen-bond acceptors (Lipinski definition) is 13. The Morgan fingerprint density at radius 1 is 0.857 bits per heavy atom. The number of fused-ring (bicyclic) bond motifs is 2. The van der Waals surface area contributed by atoms with Crippen molar-refractivity contribution < 1.29 is 36.1 Å². The zero-order valence-corrected chi connectivity index (χ0v) is 29.0. The van der Waals surface area contributed by atoms with E-state index in [0.717, 1.165) is 12.7 Å². The molecule has 266 valence electrons. The van der Waals surface area contributed by atoms with Gasteiger partial charge in [0.15, 0.2) is 0 Å². The van der Waals surface area contributed by atoms with Gasteiger partial charge in [0.25, 0.3) is 16.9 Å². The zero-order chi connectivity index (χ0) is 35.6. The fourth-order valence-electron chi connectivity index (χ4n) is 5.95. The summed E-state index contributed by atoms with van der Waals surface area (Å²) in [6.07, 6.45) is 0.874. The van der Waals surface area contributed by atoms with E-state index in [1.165, 1.54) is 21.4 Å². The first kappa shape index (κ1) is 36.0. The van der Waals surface area contributed by atoms with Crippen LogP contribution in [0.1, 0.15) is 78.0 Å². The van der Waals surface area contributed by atoms with Gasteiger partial charge >= 0.3 is 0 Å². The van der Waals surface area contributed by atoms with Gasteiger partial charge < -0.3 is 18.9 Å². The molecule has 0 spiro atoms. The Morgan fingerprint density at radius 2 is 1.33 bits per heavy atom. The van der Waals surface area contributed by atoms with Gasteiger partial charge in [-0.25, -0.2) is 36.2 Å². The molecule has 2 aliphatic heterocycles. The minimum Gasteiger partial charge on any atom is -0.475 e. The molecule has 0 N–H and O–H groups in total. The van der Waals surface area contributed by atoms with Crippen molar-refractivity contribution >= 4 is 27.1 Å². The van der Waals surface area contributed by atoms with E-state index in [4.69, 9.17) is 24.5 Å². The number of sulfone groups is 1. The summed E-state index contributed by atoms with van der Waals surface area (Å²) in [4.78, 5) is 19.0. The Kier molecular flexibility index (Phi) is 10.8. The predicted molar refractivity (Wildman–Crippen MR) is 170 cm³/mol. The monoisotopic (exact) mass is 707 g/mol. The summed E-state index contributed by atoms with van der Waals surface area (Å²) in [5.41, 5.74) is 9.96.